The lowest BCUT2D eigenvalue weighted by atomic mass is 10.0. The van der Waals surface area contributed by atoms with E-state index in [1.165, 1.54) is 6.20 Å². The first-order valence-electron chi connectivity index (χ1n) is 5.30. The van der Waals surface area contributed by atoms with Crippen LogP contribution < -0.4 is 0 Å². The standard InChI is InChI=1S/C14H11NO2/c16-13(10-11-6-2-1-3-7-11)14(17)12-8-4-5-9-15-12/h1-9H,10H2. The molecule has 17 heavy (non-hydrogen) atoms. The Morgan fingerprint density at radius 2 is 1.65 bits per heavy atom. The summed E-state index contributed by atoms with van der Waals surface area (Å²) in [4.78, 5) is 27.3. The molecule has 0 atom stereocenters. The fourth-order valence-electron chi connectivity index (χ4n) is 1.50. The van der Waals surface area contributed by atoms with E-state index in [1.54, 1.807) is 18.2 Å². The highest BCUT2D eigenvalue weighted by Gasteiger charge is 2.17. The van der Waals surface area contributed by atoms with Gasteiger partial charge in [0.2, 0.25) is 11.6 Å². The van der Waals surface area contributed by atoms with Crippen molar-refractivity contribution in [1.82, 2.24) is 4.98 Å². The van der Waals surface area contributed by atoms with Gasteiger partial charge in [-0.1, -0.05) is 36.4 Å². The minimum absolute atomic E-state index is 0.121. The minimum Gasteiger partial charge on any atom is -0.290 e. The zero-order chi connectivity index (χ0) is 12.1. The topological polar surface area (TPSA) is 47.0 Å². The molecule has 0 aliphatic carbocycles. The van der Waals surface area contributed by atoms with Gasteiger partial charge in [0.05, 0.1) is 0 Å². The monoisotopic (exact) mass is 225 g/mol. The van der Waals surface area contributed by atoms with E-state index < -0.39 is 11.6 Å². The number of carbonyl (C=O) groups excluding carboxylic acids is 2. The van der Waals surface area contributed by atoms with Crippen molar-refractivity contribution < 1.29 is 9.59 Å². The molecule has 2 rings (SSSR count). The zero-order valence-electron chi connectivity index (χ0n) is 9.17. The summed E-state index contributed by atoms with van der Waals surface area (Å²) in [6.07, 6.45) is 1.62. The van der Waals surface area contributed by atoms with Crippen LogP contribution in [-0.4, -0.2) is 16.6 Å². The third-order valence-electron chi connectivity index (χ3n) is 2.36. The summed E-state index contributed by atoms with van der Waals surface area (Å²) in [5.74, 6) is -0.968. The summed E-state index contributed by atoms with van der Waals surface area (Å²) in [5, 5.41) is 0. The first-order chi connectivity index (χ1) is 8.27. The molecule has 0 N–H and O–H groups in total. The summed E-state index contributed by atoms with van der Waals surface area (Å²) in [7, 11) is 0. The number of carbonyl (C=O) groups is 2. The maximum absolute atomic E-state index is 11.7. The van der Waals surface area contributed by atoms with E-state index in [9.17, 15) is 9.59 Å². The predicted octanol–water partition coefficient (Wildman–Crippen LogP) is 2.08. The molecule has 0 bridgehead atoms. The van der Waals surface area contributed by atoms with E-state index in [0.29, 0.717) is 0 Å². The highest BCUT2D eigenvalue weighted by atomic mass is 16.2. The molecule has 0 aliphatic heterocycles. The Kier molecular flexibility index (Phi) is 3.40. The van der Waals surface area contributed by atoms with E-state index in [0.717, 1.165) is 5.56 Å². The molecule has 0 fully saturated rings. The van der Waals surface area contributed by atoms with Crippen LogP contribution in [-0.2, 0) is 11.2 Å². The summed E-state index contributed by atoms with van der Waals surface area (Å²) < 4.78 is 0. The van der Waals surface area contributed by atoms with Gasteiger partial charge < -0.3 is 0 Å². The Labute approximate surface area is 99.1 Å². The lowest BCUT2D eigenvalue weighted by molar-refractivity contribution is -0.114. The number of rotatable bonds is 4. The van der Waals surface area contributed by atoms with Crippen LogP contribution in [0.25, 0.3) is 0 Å². The lowest BCUT2D eigenvalue weighted by Crippen LogP contribution is -2.17. The Morgan fingerprint density at radius 3 is 2.29 bits per heavy atom. The van der Waals surface area contributed by atoms with Crippen molar-refractivity contribution >= 4 is 11.6 Å². The first kappa shape index (κ1) is 11.2. The molecular weight excluding hydrogens is 214 g/mol. The van der Waals surface area contributed by atoms with Crippen LogP contribution in [0.4, 0.5) is 0 Å². The predicted molar refractivity (Wildman–Crippen MR) is 63.7 cm³/mol. The molecule has 1 aromatic carbocycles. The zero-order valence-corrected chi connectivity index (χ0v) is 9.17. The van der Waals surface area contributed by atoms with E-state index in [1.807, 2.05) is 30.3 Å². The molecule has 0 saturated carbocycles. The largest absolute Gasteiger partial charge is 0.290 e. The number of hydrogen-bond acceptors (Lipinski definition) is 3. The second-order valence-electron chi connectivity index (χ2n) is 3.63. The summed E-state index contributed by atoms with van der Waals surface area (Å²) in [6, 6.07) is 14.1. The second-order valence-corrected chi connectivity index (χ2v) is 3.63. The summed E-state index contributed by atoms with van der Waals surface area (Å²) in [5.41, 5.74) is 1.04. The quantitative estimate of drug-likeness (QED) is 0.591. The number of aromatic nitrogens is 1. The second kappa shape index (κ2) is 5.16. The number of pyridine rings is 1. The van der Waals surface area contributed by atoms with Gasteiger partial charge in [-0.15, -0.1) is 0 Å². The summed E-state index contributed by atoms with van der Waals surface area (Å²) >= 11 is 0. The molecule has 0 saturated heterocycles. The van der Waals surface area contributed by atoms with Gasteiger partial charge in [0.25, 0.3) is 0 Å². The lowest BCUT2D eigenvalue weighted by Gasteiger charge is -2.00. The van der Waals surface area contributed by atoms with Crippen molar-refractivity contribution in [2.45, 2.75) is 6.42 Å². The van der Waals surface area contributed by atoms with E-state index in [-0.39, 0.29) is 12.1 Å². The highest BCUT2D eigenvalue weighted by molar-refractivity contribution is 6.43. The maximum Gasteiger partial charge on any atom is 0.247 e. The van der Waals surface area contributed by atoms with Crippen molar-refractivity contribution in [3.8, 4) is 0 Å². The van der Waals surface area contributed by atoms with Crippen LogP contribution in [0.3, 0.4) is 0 Å². The molecule has 1 aromatic heterocycles. The van der Waals surface area contributed by atoms with E-state index in [4.69, 9.17) is 0 Å². The van der Waals surface area contributed by atoms with Crippen LogP contribution in [0.2, 0.25) is 0 Å². The number of benzene rings is 1. The smallest absolute Gasteiger partial charge is 0.247 e. The van der Waals surface area contributed by atoms with Gasteiger partial charge in [0, 0.05) is 12.6 Å². The summed E-state index contributed by atoms with van der Waals surface area (Å²) in [6.45, 7) is 0. The molecule has 2 aromatic rings. The normalized spacial score (nSPS) is 9.88. The van der Waals surface area contributed by atoms with Crippen molar-refractivity contribution in [3.63, 3.8) is 0 Å². The van der Waals surface area contributed by atoms with E-state index >= 15 is 0 Å². The van der Waals surface area contributed by atoms with Crippen LogP contribution in [0.1, 0.15) is 16.1 Å². The molecule has 3 heteroatoms. The maximum atomic E-state index is 11.7. The van der Waals surface area contributed by atoms with Gasteiger partial charge in [-0.3, -0.25) is 14.6 Å². The third kappa shape index (κ3) is 2.84. The van der Waals surface area contributed by atoms with Gasteiger partial charge >= 0.3 is 0 Å². The molecule has 0 radical (unpaired) electrons. The minimum atomic E-state index is -0.533. The van der Waals surface area contributed by atoms with Gasteiger partial charge in [0.15, 0.2) is 0 Å². The SMILES string of the molecule is O=C(Cc1ccccc1)C(=O)c1ccccn1. The van der Waals surface area contributed by atoms with Gasteiger partial charge in [0.1, 0.15) is 5.69 Å². The van der Waals surface area contributed by atoms with Gasteiger partial charge in [-0.05, 0) is 17.7 Å². The number of Topliss-reactive ketones (excluding diaryl/α,β-unsaturated/α-hetero) is 2. The fraction of sp³-hybridized carbons (Fsp3) is 0.0714. The molecule has 84 valence electrons. The molecule has 3 nitrogen and oxygen atoms in total. The van der Waals surface area contributed by atoms with Crippen LogP contribution in [0, 0.1) is 0 Å². The molecule has 0 amide bonds. The third-order valence-corrected chi connectivity index (χ3v) is 2.36. The fourth-order valence-corrected chi connectivity index (χ4v) is 1.50. The van der Waals surface area contributed by atoms with Crippen LogP contribution >= 0.6 is 0 Å². The molecule has 0 aliphatic rings. The average Bonchev–Trinajstić information content (AvgIpc) is 2.40. The number of ketones is 2. The Hall–Kier alpha value is -2.29. The van der Waals surface area contributed by atoms with Crippen LogP contribution in [0.5, 0.6) is 0 Å². The molecule has 0 unspecified atom stereocenters. The molecule has 1 heterocycles. The number of nitrogens with zero attached hydrogens (tertiary/aromatic N) is 1. The van der Waals surface area contributed by atoms with Gasteiger partial charge in [-0.25, -0.2) is 0 Å². The van der Waals surface area contributed by atoms with Crippen molar-refractivity contribution in [3.05, 3.63) is 66.0 Å². The Balaban J connectivity index is 2.09. The average molecular weight is 225 g/mol. The van der Waals surface area contributed by atoms with Crippen molar-refractivity contribution in [2.24, 2.45) is 0 Å². The van der Waals surface area contributed by atoms with Crippen molar-refractivity contribution in [1.29, 1.82) is 0 Å². The number of hydrogen-bond donors (Lipinski definition) is 0. The van der Waals surface area contributed by atoms with Crippen molar-refractivity contribution in [2.75, 3.05) is 0 Å². The van der Waals surface area contributed by atoms with E-state index in [2.05, 4.69) is 4.98 Å². The Bertz CT molecular complexity index is 520. The van der Waals surface area contributed by atoms with Crippen LogP contribution in [0.15, 0.2) is 54.7 Å². The Morgan fingerprint density at radius 1 is 0.941 bits per heavy atom. The first-order valence-corrected chi connectivity index (χ1v) is 5.30. The highest BCUT2D eigenvalue weighted by Crippen LogP contribution is 2.04. The molecule has 0 spiro atoms. The molecular formula is C14H11NO2. The van der Waals surface area contributed by atoms with Gasteiger partial charge in [-0.2, -0.15) is 0 Å².